The minimum Gasteiger partial charge on any atom is -0.503 e. The highest BCUT2D eigenvalue weighted by molar-refractivity contribution is 6.13. The van der Waals surface area contributed by atoms with E-state index in [2.05, 4.69) is 5.32 Å². The van der Waals surface area contributed by atoms with Gasteiger partial charge in [0.2, 0.25) is 12.7 Å². The molecular weight excluding hydrogens is 316 g/mol. The number of benzene rings is 2. The Hall–Kier alpha value is -3.47. The number of nitrogens with one attached hydrogen (secondary N) is 1. The maximum absolute atomic E-state index is 12.7. The first-order valence-corrected chi connectivity index (χ1v) is 7.80. The normalized spacial score (nSPS) is 10.2. The number of carbonyl (C=O) groups excluding carboxylic acids is 2. The molecule has 1 heterocycles. The van der Waals surface area contributed by atoms with E-state index in [0.717, 1.165) is 0 Å². The molecule has 0 atom stereocenters. The summed E-state index contributed by atoms with van der Waals surface area (Å²) in [5.41, 5.74) is 1.46. The number of hydrogen-bond donors (Lipinski definition) is 2. The third-order valence-electron chi connectivity index (χ3n) is 3.65. The van der Waals surface area contributed by atoms with Gasteiger partial charge in [0.15, 0.2) is 17.7 Å². The Morgan fingerprint density at radius 1 is 0.920 bits per heavy atom. The molecule has 3 rings (SSSR count). The molecule has 0 saturated heterocycles. The van der Waals surface area contributed by atoms with Crippen LogP contribution < -0.4 is 9.88 Å². The largest absolute Gasteiger partial charge is 0.503 e. The van der Waals surface area contributed by atoms with Gasteiger partial charge in [0.05, 0.1) is 5.69 Å². The van der Waals surface area contributed by atoms with E-state index in [0.29, 0.717) is 16.8 Å². The van der Waals surface area contributed by atoms with Gasteiger partial charge >= 0.3 is 0 Å². The zero-order chi connectivity index (χ0) is 17.6. The van der Waals surface area contributed by atoms with Crippen molar-refractivity contribution in [2.24, 2.45) is 0 Å². The van der Waals surface area contributed by atoms with Gasteiger partial charge in [-0.3, -0.25) is 9.59 Å². The van der Waals surface area contributed by atoms with Crippen LogP contribution in [0.25, 0.3) is 0 Å². The minimum absolute atomic E-state index is 0.0300. The molecule has 0 aliphatic rings. The SMILES string of the molecule is O=C(C[n+]1cccc(O)c1)Nc1ccccc1C(=O)c1ccccc1. The van der Waals surface area contributed by atoms with Crippen LogP contribution in [0.4, 0.5) is 5.69 Å². The molecular formula is C20H17N2O3+. The summed E-state index contributed by atoms with van der Waals surface area (Å²) in [5.74, 6) is -0.361. The minimum atomic E-state index is -0.288. The second-order valence-electron chi connectivity index (χ2n) is 5.52. The molecule has 0 aliphatic carbocycles. The highest BCUT2D eigenvalue weighted by Crippen LogP contribution is 2.19. The van der Waals surface area contributed by atoms with Gasteiger partial charge in [-0.15, -0.1) is 0 Å². The topological polar surface area (TPSA) is 70.3 Å². The fraction of sp³-hybridized carbons (Fsp3) is 0.0500. The summed E-state index contributed by atoms with van der Waals surface area (Å²) in [4.78, 5) is 24.9. The molecule has 3 aromatic rings. The van der Waals surface area contributed by atoms with Crippen LogP contribution in [-0.4, -0.2) is 16.8 Å². The zero-order valence-corrected chi connectivity index (χ0v) is 13.4. The predicted molar refractivity (Wildman–Crippen MR) is 93.2 cm³/mol. The van der Waals surface area contributed by atoms with Gasteiger partial charge in [0.25, 0.3) is 5.91 Å². The molecule has 0 spiro atoms. The van der Waals surface area contributed by atoms with Crippen molar-refractivity contribution in [3.8, 4) is 5.75 Å². The van der Waals surface area contributed by atoms with Crippen molar-refractivity contribution in [1.29, 1.82) is 0 Å². The summed E-state index contributed by atoms with van der Waals surface area (Å²) in [5, 5.41) is 12.2. The van der Waals surface area contributed by atoms with Crippen LogP contribution in [-0.2, 0) is 11.3 Å². The summed E-state index contributed by atoms with van der Waals surface area (Å²) in [6.45, 7) is 0.0300. The van der Waals surface area contributed by atoms with Crippen molar-refractivity contribution in [3.05, 3.63) is 90.3 Å². The maximum atomic E-state index is 12.7. The van der Waals surface area contributed by atoms with Gasteiger partial charge in [-0.1, -0.05) is 42.5 Å². The number of rotatable bonds is 5. The monoisotopic (exact) mass is 333 g/mol. The van der Waals surface area contributed by atoms with Crippen LogP contribution in [0.5, 0.6) is 5.75 Å². The van der Waals surface area contributed by atoms with E-state index >= 15 is 0 Å². The lowest BCUT2D eigenvalue weighted by Gasteiger charge is -2.09. The number of hydrogen-bond acceptors (Lipinski definition) is 3. The van der Waals surface area contributed by atoms with Crippen LogP contribution in [0.2, 0.25) is 0 Å². The lowest BCUT2D eigenvalue weighted by Crippen LogP contribution is -2.39. The van der Waals surface area contributed by atoms with Crippen LogP contribution in [0.1, 0.15) is 15.9 Å². The molecule has 25 heavy (non-hydrogen) atoms. The third-order valence-corrected chi connectivity index (χ3v) is 3.65. The van der Waals surface area contributed by atoms with Crippen molar-refractivity contribution in [2.45, 2.75) is 6.54 Å². The number of amides is 1. The first-order chi connectivity index (χ1) is 12.1. The van der Waals surface area contributed by atoms with Crippen molar-refractivity contribution in [3.63, 3.8) is 0 Å². The molecule has 0 radical (unpaired) electrons. The van der Waals surface area contributed by atoms with E-state index in [1.54, 1.807) is 65.4 Å². The fourth-order valence-electron chi connectivity index (χ4n) is 2.50. The maximum Gasteiger partial charge on any atom is 0.290 e. The molecule has 5 heteroatoms. The van der Waals surface area contributed by atoms with Gasteiger partial charge < -0.3 is 10.4 Å². The van der Waals surface area contributed by atoms with Gasteiger partial charge in [-0.2, -0.15) is 4.57 Å². The van der Waals surface area contributed by atoms with Gasteiger partial charge in [0.1, 0.15) is 0 Å². The smallest absolute Gasteiger partial charge is 0.290 e. The molecule has 1 amide bonds. The van der Waals surface area contributed by atoms with E-state index in [1.165, 1.54) is 12.3 Å². The molecule has 0 unspecified atom stereocenters. The molecule has 124 valence electrons. The first-order valence-electron chi connectivity index (χ1n) is 7.80. The molecule has 0 saturated carbocycles. The van der Waals surface area contributed by atoms with Crippen LogP contribution in [0.15, 0.2) is 79.1 Å². The van der Waals surface area contributed by atoms with Crippen molar-refractivity contribution in [2.75, 3.05) is 5.32 Å². The first kappa shape index (κ1) is 16.4. The Balaban J connectivity index is 1.79. The van der Waals surface area contributed by atoms with E-state index in [4.69, 9.17) is 0 Å². The number of anilines is 1. The number of aromatic nitrogens is 1. The Kier molecular flexibility index (Phi) is 4.85. The standard InChI is InChI=1S/C20H16N2O3/c23-16-9-6-12-22(13-16)14-19(24)21-18-11-5-4-10-17(18)20(25)15-7-2-1-3-8-15/h1-13H,14H2,(H-,21,23,24,25)/p+1. The van der Waals surface area contributed by atoms with Crippen LogP contribution in [0, 0.1) is 0 Å². The second kappa shape index (κ2) is 7.40. The Morgan fingerprint density at radius 2 is 1.64 bits per heavy atom. The number of ketones is 1. The van der Waals surface area contributed by atoms with E-state index in [-0.39, 0.29) is 24.0 Å². The van der Waals surface area contributed by atoms with Gasteiger partial charge in [-0.05, 0) is 18.2 Å². The van der Waals surface area contributed by atoms with Crippen molar-refractivity contribution < 1.29 is 19.3 Å². The molecule has 0 aliphatic heterocycles. The van der Waals surface area contributed by atoms with Gasteiger partial charge in [-0.25, -0.2) is 0 Å². The summed E-state index contributed by atoms with van der Waals surface area (Å²) in [6, 6.07) is 19.0. The summed E-state index contributed by atoms with van der Waals surface area (Å²) in [7, 11) is 0. The summed E-state index contributed by atoms with van der Waals surface area (Å²) < 4.78 is 1.56. The molecule has 1 aromatic heterocycles. The highest BCUT2D eigenvalue weighted by Gasteiger charge is 2.16. The number of carbonyl (C=O) groups is 2. The number of aromatic hydroxyl groups is 1. The summed E-state index contributed by atoms with van der Waals surface area (Å²) >= 11 is 0. The number of para-hydroxylation sites is 1. The van der Waals surface area contributed by atoms with Crippen LogP contribution >= 0.6 is 0 Å². The van der Waals surface area contributed by atoms with Crippen molar-refractivity contribution >= 4 is 17.4 Å². The van der Waals surface area contributed by atoms with E-state index in [9.17, 15) is 14.7 Å². The van der Waals surface area contributed by atoms with Crippen LogP contribution in [0.3, 0.4) is 0 Å². The molecule has 2 aromatic carbocycles. The fourth-order valence-corrected chi connectivity index (χ4v) is 2.50. The lowest BCUT2D eigenvalue weighted by molar-refractivity contribution is -0.684. The van der Waals surface area contributed by atoms with Gasteiger partial charge in [0, 0.05) is 17.2 Å². The second-order valence-corrected chi connectivity index (χ2v) is 5.52. The predicted octanol–water partition coefficient (Wildman–Crippen LogP) is 2.55. The average Bonchev–Trinajstić information content (AvgIpc) is 2.62. The average molecular weight is 333 g/mol. The zero-order valence-electron chi connectivity index (χ0n) is 13.4. The molecule has 5 nitrogen and oxygen atoms in total. The molecule has 0 bridgehead atoms. The lowest BCUT2D eigenvalue weighted by atomic mass is 10.0. The number of pyridine rings is 1. The Labute approximate surface area is 145 Å². The quantitative estimate of drug-likeness (QED) is 0.557. The highest BCUT2D eigenvalue weighted by atomic mass is 16.3. The summed E-state index contributed by atoms with van der Waals surface area (Å²) in [6.07, 6.45) is 3.14. The third kappa shape index (κ3) is 4.09. The molecule has 0 fully saturated rings. The Bertz CT molecular complexity index is 908. The van der Waals surface area contributed by atoms with Crippen molar-refractivity contribution in [1.82, 2.24) is 0 Å². The Morgan fingerprint density at radius 3 is 2.40 bits per heavy atom. The van der Waals surface area contributed by atoms with E-state index in [1.807, 2.05) is 6.07 Å². The van der Waals surface area contributed by atoms with E-state index < -0.39 is 0 Å². The molecule has 2 N–H and O–H groups in total. The number of nitrogens with zero attached hydrogens (tertiary/aromatic N) is 1.